The highest BCUT2D eigenvalue weighted by Gasteiger charge is 2.70. The second kappa shape index (κ2) is 15.2. The van der Waals surface area contributed by atoms with Gasteiger partial charge in [-0.1, -0.05) is 46.3 Å². The number of hydrogen-bond donors (Lipinski definition) is 8. The largest absolute Gasteiger partial charge is 0.469 e. The molecule has 0 bridgehead atoms. The van der Waals surface area contributed by atoms with Crippen molar-refractivity contribution in [2.24, 2.45) is 50.2 Å². The SMILES string of the molecule is COC(=O)C1(C)CCC2(C(=O)OC3OC(CO)C(O)C(O)C3O)CCC3(C)C(=CCC4C5(C)CCC(OC6OC(CO)C(O)C(O)C6O)C(C)(C)C5CCC43C)C2C1. The van der Waals surface area contributed by atoms with Crippen LogP contribution in [-0.4, -0.2) is 141 Å². The Bertz CT molecular complexity index is 1600. The van der Waals surface area contributed by atoms with Crippen LogP contribution in [0.5, 0.6) is 0 Å². The zero-order chi connectivity index (χ0) is 42.5. The van der Waals surface area contributed by atoms with Gasteiger partial charge in [0.15, 0.2) is 6.29 Å². The zero-order valence-electron chi connectivity index (χ0n) is 35.1. The highest BCUT2D eigenvalue weighted by molar-refractivity contribution is 5.81. The summed E-state index contributed by atoms with van der Waals surface area (Å²) < 4.78 is 29.2. The average molecular weight is 825 g/mol. The van der Waals surface area contributed by atoms with Crippen molar-refractivity contribution in [2.75, 3.05) is 20.3 Å². The highest BCUT2D eigenvalue weighted by atomic mass is 16.7. The van der Waals surface area contributed by atoms with Crippen molar-refractivity contribution in [3.05, 3.63) is 11.6 Å². The standard InChI is InChI=1S/C43H68O15/c1-38(2)25-10-13-42(6)26(40(25,4)12-11-27(38)57-34-32(50)30(48)28(46)23(19-44)55-34)9-8-21-22-18-39(3,36(52)54-7)14-16-43(22,17-15-41(21,42)5)37(53)58-35-33(51)31(49)29(47)24(20-45)56-35/h8,22-35,44-51H,9-20H2,1-7H3. The molecule has 58 heavy (non-hydrogen) atoms. The smallest absolute Gasteiger partial charge is 0.315 e. The van der Waals surface area contributed by atoms with Gasteiger partial charge in [-0.25, -0.2) is 0 Å². The molecule has 6 fully saturated rings. The number of aliphatic hydroxyl groups excluding tert-OH is 8. The monoisotopic (exact) mass is 824 g/mol. The van der Waals surface area contributed by atoms with Gasteiger partial charge in [-0.05, 0) is 111 Å². The molecule has 7 aliphatic rings. The molecule has 4 saturated carbocycles. The first kappa shape index (κ1) is 44.3. The molecule has 330 valence electrons. The van der Waals surface area contributed by atoms with Crippen LogP contribution in [-0.2, 0) is 33.3 Å². The highest BCUT2D eigenvalue weighted by Crippen LogP contribution is 2.76. The summed E-state index contributed by atoms with van der Waals surface area (Å²) in [6.07, 6.45) is -6.37. The molecule has 8 N–H and O–H groups in total. The van der Waals surface area contributed by atoms with Crippen LogP contribution in [0, 0.1) is 50.2 Å². The molecule has 0 aromatic rings. The van der Waals surface area contributed by atoms with Crippen LogP contribution in [0.3, 0.4) is 0 Å². The lowest BCUT2D eigenvalue weighted by atomic mass is 9.33. The first-order valence-electron chi connectivity index (χ1n) is 21.4. The quantitative estimate of drug-likeness (QED) is 0.103. The van der Waals surface area contributed by atoms with E-state index >= 15 is 0 Å². The second-order valence-electron chi connectivity index (χ2n) is 20.5. The first-order valence-corrected chi connectivity index (χ1v) is 21.4. The van der Waals surface area contributed by atoms with E-state index in [2.05, 4.69) is 40.7 Å². The summed E-state index contributed by atoms with van der Waals surface area (Å²) in [5, 5.41) is 82.9. The van der Waals surface area contributed by atoms with Gasteiger partial charge in [0.05, 0.1) is 37.3 Å². The number of carbonyl (C=O) groups excluding carboxylic acids is 2. The minimum Gasteiger partial charge on any atom is -0.469 e. The van der Waals surface area contributed by atoms with Crippen LogP contribution < -0.4 is 0 Å². The van der Waals surface area contributed by atoms with Crippen molar-refractivity contribution in [1.29, 1.82) is 0 Å². The minimum absolute atomic E-state index is 0.125. The van der Waals surface area contributed by atoms with E-state index in [-0.39, 0.29) is 45.6 Å². The Balaban J connectivity index is 1.19. The maximum absolute atomic E-state index is 14.7. The van der Waals surface area contributed by atoms with E-state index < -0.39 is 97.3 Å². The summed E-state index contributed by atoms with van der Waals surface area (Å²) in [6, 6.07) is 0. The number of fused-ring (bicyclic) bond motifs is 7. The second-order valence-corrected chi connectivity index (χ2v) is 20.5. The molecule has 2 heterocycles. The van der Waals surface area contributed by atoms with Gasteiger partial charge in [-0.15, -0.1) is 0 Å². The minimum atomic E-state index is -1.74. The Labute approximate surface area is 341 Å². The van der Waals surface area contributed by atoms with Gasteiger partial charge in [0.1, 0.15) is 48.8 Å². The van der Waals surface area contributed by atoms with Crippen molar-refractivity contribution in [1.82, 2.24) is 0 Å². The van der Waals surface area contributed by atoms with Gasteiger partial charge in [0, 0.05) is 0 Å². The van der Waals surface area contributed by atoms with E-state index in [4.69, 9.17) is 23.7 Å². The van der Waals surface area contributed by atoms with E-state index in [1.807, 2.05) is 6.92 Å². The van der Waals surface area contributed by atoms with Crippen LogP contribution in [0.15, 0.2) is 11.6 Å². The van der Waals surface area contributed by atoms with Crippen LogP contribution in [0.25, 0.3) is 0 Å². The van der Waals surface area contributed by atoms with Gasteiger partial charge in [-0.2, -0.15) is 0 Å². The lowest BCUT2D eigenvalue weighted by Crippen LogP contribution is -2.66. The number of rotatable bonds is 7. The molecule has 2 aliphatic heterocycles. The third-order valence-electron chi connectivity index (χ3n) is 17.7. The molecule has 7 rings (SSSR count). The van der Waals surface area contributed by atoms with E-state index in [1.165, 1.54) is 7.11 Å². The first-order chi connectivity index (χ1) is 27.1. The van der Waals surface area contributed by atoms with Gasteiger partial charge in [-0.3, -0.25) is 9.59 Å². The molecule has 19 unspecified atom stereocenters. The Morgan fingerprint density at radius 1 is 0.707 bits per heavy atom. The number of hydrogen-bond acceptors (Lipinski definition) is 15. The van der Waals surface area contributed by atoms with Gasteiger partial charge in [0.25, 0.3) is 0 Å². The number of ether oxygens (including phenoxy) is 5. The van der Waals surface area contributed by atoms with Gasteiger partial charge < -0.3 is 64.5 Å². The number of esters is 2. The van der Waals surface area contributed by atoms with Crippen molar-refractivity contribution in [2.45, 2.75) is 173 Å². The maximum atomic E-state index is 14.7. The molecule has 0 aromatic carbocycles. The Morgan fingerprint density at radius 3 is 1.90 bits per heavy atom. The summed E-state index contributed by atoms with van der Waals surface area (Å²) in [7, 11) is 1.38. The van der Waals surface area contributed by atoms with Crippen LogP contribution >= 0.6 is 0 Å². The fourth-order valence-electron chi connectivity index (χ4n) is 13.8. The summed E-state index contributed by atoms with van der Waals surface area (Å²) >= 11 is 0. The third-order valence-corrected chi connectivity index (χ3v) is 17.7. The van der Waals surface area contributed by atoms with Crippen molar-refractivity contribution in [3.63, 3.8) is 0 Å². The van der Waals surface area contributed by atoms with Crippen LogP contribution in [0.2, 0.25) is 0 Å². The summed E-state index contributed by atoms with van der Waals surface area (Å²) in [5.74, 6) is -0.866. The number of allylic oxidation sites excluding steroid dienone is 2. The van der Waals surface area contributed by atoms with E-state index in [1.54, 1.807) is 0 Å². The number of carbonyl (C=O) groups is 2. The topological polar surface area (TPSA) is 242 Å². The van der Waals surface area contributed by atoms with Crippen LogP contribution in [0.4, 0.5) is 0 Å². The molecule has 19 atom stereocenters. The molecule has 0 amide bonds. The number of methoxy groups -OCH3 is 1. The Kier molecular flexibility index (Phi) is 11.6. The number of aliphatic hydroxyl groups is 8. The lowest BCUT2D eigenvalue weighted by Gasteiger charge is -2.71. The summed E-state index contributed by atoms with van der Waals surface area (Å²) in [5.41, 5.74) is -1.85. The third kappa shape index (κ3) is 6.38. The summed E-state index contributed by atoms with van der Waals surface area (Å²) in [4.78, 5) is 28.1. The van der Waals surface area contributed by atoms with Gasteiger partial charge in [0.2, 0.25) is 6.29 Å². The summed E-state index contributed by atoms with van der Waals surface area (Å²) in [6.45, 7) is 12.2. The van der Waals surface area contributed by atoms with Crippen molar-refractivity contribution < 1.29 is 74.1 Å². The fraction of sp³-hybridized carbons (Fsp3) is 0.907. The lowest BCUT2D eigenvalue weighted by molar-refractivity contribution is -0.330. The molecule has 15 nitrogen and oxygen atoms in total. The molecule has 2 saturated heterocycles. The van der Waals surface area contributed by atoms with Crippen molar-refractivity contribution in [3.8, 4) is 0 Å². The van der Waals surface area contributed by atoms with Crippen molar-refractivity contribution >= 4 is 11.9 Å². The van der Waals surface area contributed by atoms with Gasteiger partial charge >= 0.3 is 11.9 Å². The van der Waals surface area contributed by atoms with E-state index in [0.29, 0.717) is 38.5 Å². The molecule has 5 aliphatic carbocycles. The maximum Gasteiger partial charge on any atom is 0.315 e. The molecule has 0 spiro atoms. The molecular formula is C43H68O15. The fourth-order valence-corrected chi connectivity index (χ4v) is 13.8. The normalized spacial score (nSPS) is 52.5. The predicted octanol–water partition coefficient (Wildman–Crippen LogP) is 1.47. The zero-order valence-corrected chi connectivity index (χ0v) is 35.1. The molecular weight excluding hydrogens is 756 g/mol. The van der Waals surface area contributed by atoms with Crippen LogP contribution in [0.1, 0.15) is 106 Å². The molecule has 15 heteroatoms. The Hall–Kier alpha value is -1.76. The molecule has 0 radical (unpaired) electrons. The average Bonchev–Trinajstić information content (AvgIpc) is 3.18. The Morgan fingerprint density at radius 2 is 1.29 bits per heavy atom. The van der Waals surface area contributed by atoms with E-state index in [9.17, 15) is 50.4 Å². The predicted molar refractivity (Wildman–Crippen MR) is 204 cm³/mol. The van der Waals surface area contributed by atoms with E-state index in [0.717, 1.165) is 31.3 Å². The molecule has 0 aromatic heterocycles.